The fraction of sp³-hybridized carbons (Fsp3) is 0.750. The van der Waals surface area contributed by atoms with Gasteiger partial charge in [0.1, 0.15) is 5.01 Å². The fourth-order valence-corrected chi connectivity index (χ4v) is 3.45. The van der Waals surface area contributed by atoms with E-state index in [0.29, 0.717) is 6.04 Å². The van der Waals surface area contributed by atoms with Gasteiger partial charge in [-0.25, -0.2) is 4.98 Å². The monoisotopic (exact) mass is 224 g/mol. The molecule has 0 radical (unpaired) electrons. The predicted octanol–water partition coefficient (Wildman–Crippen LogP) is 3.30. The van der Waals surface area contributed by atoms with Crippen LogP contribution in [0.15, 0.2) is 11.6 Å². The van der Waals surface area contributed by atoms with Gasteiger partial charge >= 0.3 is 0 Å². The number of nitrogens with zero attached hydrogens (tertiary/aromatic N) is 1. The van der Waals surface area contributed by atoms with Gasteiger partial charge in [0.15, 0.2) is 0 Å². The highest BCUT2D eigenvalue weighted by Crippen LogP contribution is 2.38. The van der Waals surface area contributed by atoms with E-state index in [9.17, 15) is 0 Å². The van der Waals surface area contributed by atoms with Gasteiger partial charge in [-0.15, -0.1) is 11.3 Å². The average molecular weight is 224 g/mol. The second-order valence-electron chi connectivity index (χ2n) is 4.78. The van der Waals surface area contributed by atoms with E-state index in [-0.39, 0.29) is 5.54 Å². The maximum atomic E-state index is 4.52. The summed E-state index contributed by atoms with van der Waals surface area (Å²) in [7, 11) is 0. The Labute approximate surface area is 96.1 Å². The van der Waals surface area contributed by atoms with Crippen LogP contribution in [0.2, 0.25) is 0 Å². The Morgan fingerprint density at radius 3 is 2.60 bits per heavy atom. The third-order valence-corrected chi connectivity index (χ3v) is 4.09. The van der Waals surface area contributed by atoms with Crippen molar-refractivity contribution in [2.45, 2.75) is 57.5 Å². The molecule has 1 fully saturated rings. The molecule has 1 saturated carbocycles. The molecule has 1 heterocycles. The summed E-state index contributed by atoms with van der Waals surface area (Å²) in [6.45, 7) is 4.45. The summed E-state index contributed by atoms with van der Waals surface area (Å²) < 4.78 is 0. The maximum Gasteiger partial charge on any atom is 0.113 e. The van der Waals surface area contributed by atoms with Crippen LogP contribution in [0.1, 0.15) is 51.0 Å². The topological polar surface area (TPSA) is 24.9 Å². The molecule has 3 heteroatoms. The zero-order valence-electron chi connectivity index (χ0n) is 9.62. The van der Waals surface area contributed by atoms with Crippen molar-refractivity contribution in [2.75, 3.05) is 0 Å². The van der Waals surface area contributed by atoms with Gasteiger partial charge < -0.3 is 5.32 Å². The van der Waals surface area contributed by atoms with Crippen LogP contribution in [0.5, 0.6) is 0 Å². The van der Waals surface area contributed by atoms with E-state index in [2.05, 4.69) is 29.5 Å². The van der Waals surface area contributed by atoms with Crippen molar-refractivity contribution in [1.82, 2.24) is 10.3 Å². The molecule has 2 nitrogen and oxygen atoms in total. The van der Waals surface area contributed by atoms with Gasteiger partial charge in [-0.05, 0) is 26.7 Å². The van der Waals surface area contributed by atoms with Crippen molar-refractivity contribution in [3.63, 3.8) is 0 Å². The molecule has 1 aromatic rings. The molecule has 0 saturated heterocycles. The molecule has 0 spiro atoms. The van der Waals surface area contributed by atoms with Crippen LogP contribution >= 0.6 is 11.3 Å². The highest BCUT2D eigenvalue weighted by Gasteiger charge is 2.36. The first-order valence-corrected chi connectivity index (χ1v) is 6.79. The number of hydrogen-bond donors (Lipinski definition) is 1. The summed E-state index contributed by atoms with van der Waals surface area (Å²) in [5.41, 5.74) is 0.181. The van der Waals surface area contributed by atoms with Gasteiger partial charge in [0.25, 0.3) is 0 Å². The average Bonchev–Trinajstić information content (AvgIpc) is 2.71. The van der Waals surface area contributed by atoms with Crippen molar-refractivity contribution in [3.05, 3.63) is 16.6 Å². The Morgan fingerprint density at radius 2 is 2.07 bits per heavy atom. The van der Waals surface area contributed by atoms with E-state index >= 15 is 0 Å². The van der Waals surface area contributed by atoms with Crippen molar-refractivity contribution < 1.29 is 0 Å². The van der Waals surface area contributed by atoms with Crippen LogP contribution in [0.4, 0.5) is 0 Å². The molecule has 0 aliphatic heterocycles. The van der Waals surface area contributed by atoms with E-state index in [4.69, 9.17) is 0 Å². The number of thiazole rings is 1. The van der Waals surface area contributed by atoms with Gasteiger partial charge in [0, 0.05) is 17.6 Å². The minimum atomic E-state index is 0.181. The largest absolute Gasteiger partial charge is 0.303 e. The molecule has 0 amide bonds. The minimum absolute atomic E-state index is 0.181. The molecule has 1 aliphatic carbocycles. The van der Waals surface area contributed by atoms with Crippen LogP contribution in [0.3, 0.4) is 0 Å². The Bertz CT molecular complexity index is 287. The van der Waals surface area contributed by atoms with E-state index in [1.165, 1.54) is 37.1 Å². The Hall–Kier alpha value is -0.410. The van der Waals surface area contributed by atoms with Gasteiger partial charge in [0.05, 0.1) is 5.54 Å². The van der Waals surface area contributed by atoms with E-state index in [0.717, 1.165) is 0 Å². The van der Waals surface area contributed by atoms with Gasteiger partial charge in [0.2, 0.25) is 0 Å². The first-order chi connectivity index (χ1) is 7.23. The zero-order chi connectivity index (χ0) is 10.7. The Kier molecular flexibility index (Phi) is 3.42. The van der Waals surface area contributed by atoms with Gasteiger partial charge in [-0.2, -0.15) is 0 Å². The molecule has 0 bridgehead atoms. The van der Waals surface area contributed by atoms with E-state index < -0.39 is 0 Å². The zero-order valence-corrected chi connectivity index (χ0v) is 10.4. The summed E-state index contributed by atoms with van der Waals surface area (Å²) >= 11 is 1.80. The lowest BCUT2D eigenvalue weighted by Crippen LogP contribution is -2.47. The second kappa shape index (κ2) is 4.62. The van der Waals surface area contributed by atoms with Crippen LogP contribution in [-0.4, -0.2) is 11.0 Å². The minimum Gasteiger partial charge on any atom is -0.303 e. The number of rotatable bonds is 3. The van der Waals surface area contributed by atoms with Crippen LogP contribution in [0, 0.1) is 0 Å². The molecule has 0 unspecified atom stereocenters. The van der Waals surface area contributed by atoms with Crippen LogP contribution in [0.25, 0.3) is 0 Å². The highest BCUT2D eigenvalue weighted by atomic mass is 32.1. The number of nitrogens with one attached hydrogen (secondary N) is 1. The first kappa shape index (κ1) is 11.1. The van der Waals surface area contributed by atoms with Crippen molar-refractivity contribution in [3.8, 4) is 0 Å². The molecule has 1 N–H and O–H groups in total. The lowest BCUT2D eigenvalue weighted by atomic mass is 9.81. The Balaban J connectivity index is 2.21. The summed E-state index contributed by atoms with van der Waals surface area (Å²) in [5.74, 6) is 0. The predicted molar refractivity (Wildman–Crippen MR) is 65.1 cm³/mol. The second-order valence-corrected chi connectivity index (χ2v) is 5.67. The molecule has 2 rings (SSSR count). The normalized spacial score (nSPS) is 20.7. The third kappa shape index (κ3) is 2.40. The quantitative estimate of drug-likeness (QED) is 0.852. The molecule has 1 aromatic heterocycles. The van der Waals surface area contributed by atoms with Crippen LogP contribution < -0.4 is 5.32 Å². The summed E-state index contributed by atoms with van der Waals surface area (Å²) in [4.78, 5) is 4.52. The van der Waals surface area contributed by atoms with Crippen LogP contribution in [-0.2, 0) is 5.54 Å². The molecule has 84 valence electrons. The number of aromatic nitrogens is 1. The molecule has 15 heavy (non-hydrogen) atoms. The smallest absolute Gasteiger partial charge is 0.113 e. The highest BCUT2D eigenvalue weighted by molar-refractivity contribution is 7.09. The fourth-order valence-electron chi connectivity index (χ4n) is 2.59. The SMILES string of the molecule is CC(C)NC1(c2nccs2)CCCCC1. The standard InChI is InChI=1S/C12H20N2S/c1-10(2)14-12(6-4-3-5-7-12)11-13-8-9-15-11/h8-10,14H,3-7H2,1-2H3. The van der Waals surface area contributed by atoms with Crippen molar-refractivity contribution >= 4 is 11.3 Å². The van der Waals surface area contributed by atoms with Crippen molar-refractivity contribution in [2.24, 2.45) is 0 Å². The molecule has 0 aromatic carbocycles. The maximum absolute atomic E-state index is 4.52. The van der Waals surface area contributed by atoms with Gasteiger partial charge in [-0.3, -0.25) is 0 Å². The summed E-state index contributed by atoms with van der Waals surface area (Å²) in [6.07, 6.45) is 8.47. The molecule has 0 atom stereocenters. The lowest BCUT2D eigenvalue weighted by Gasteiger charge is -2.38. The molecule has 1 aliphatic rings. The first-order valence-electron chi connectivity index (χ1n) is 5.91. The summed E-state index contributed by atoms with van der Waals surface area (Å²) in [5, 5.41) is 7.12. The molecular weight excluding hydrogens is 204 g/mol. The lowest BCUT2D eigenvalue weighted by molar-refractivity contribution is 0.216. The Morgan fingerprint density at radius 1 is 1.33 bits per heavy atom. The van der Waals surface area contributed by atoms with E-state index in [1.807, 2.05) is 6.20 Å². The number of hydrogen-bond acceptors (Lipinski definition) is 3. The third-order valence-electron chi connectivity index (χ3n) is 3.11. The van der Waals surface area contributed by atoms with Crippen molar-refractivity contribution in [1.29, 1.82) is 0 Å². The molecular formula is C12H20N2S. The van der Waals surface area contributed by atoms with E-state index in [1.54, 1.807) is 11.3 Å². The summed E-state index contributed by atoms with van der Waals surface area (Å²) in [6, 6.07) is 0.534. The van der Waals surface area contributed by atoms with Gasteiger partial charge in [-0.1, -0.05) is 19.3 Å².